The van der Waals surface area contributed by atoms with Crippen molar-refractivity contribution in [2.75, 3.05) is 14.2 Å². The Bertz CT molecular complexity index is 1130. The fourth-order valence-electron chi connectivity index (χ4n) is 3.21. The molecule has 0 saturated carbocycles. The Labute approximate surface area is 194 Å². The zero-order chi connectivity index (χ0) is 24.8. The molecule has 0 radical (unpaired) electrons. The molecule has 34 heavy (non-hydrogen) atoms. The molecule has 4 N–H and O–H groups in total. The molecule has 2 heterocycles. The molecule has 2 aromatic rings. The van der Waals surface area contributed by atoms with E-state index in [1.54, 1.807) is 36.4 Å². The van der Waals surface area contributed by atoms with Crippen molar-refractivity contribution in [3.05, 3.63) is 58.7 Å². The van der Waals surface area contributed by atoms with Gasteiger partial charge in [-0.2, -0.15) is 0 Å². The minimum atomic E-state index is -0.373. The highest BCUT2D eigenvalue weighted by Gasteiger charge is 2.24. The zero-order valence-corrected chi connectivity index (χ0v) is 18.4. The maximum Gasteiger partial charge on any atom is 0.254 e. The second-order valence-electron chi connectivity index (χ2n) is 7.31. The lowest BCUT2D eigenvalue weighted by molar-refractivity contribution is -0.125. The quantitative estimate of drug-likeness (QED) is 0.392. The summed E-state index contributed by atoms with van der Waals surface area (Å²) in [4.78, 5) is 44.6. The van der Waals surface area contributed by atoms with Gasteiger partial charge in [0.15, 0.2) is 23.0 Å². The average molecular weight is 466 g/mol. The third-order valence-electron chi connectivity index (χ3n) is 4.88. The van der Waals surface area contributed by atoms with E-state index in [0.29, 0.717) is 33.8 Å². The van der Waals surface area contributed by atoms with Crippen molar-refractivity contribution in [1.82, 2.24) is 10.6 Å². The molecule has 0 aliphatic carbocycles. The van der Waals surface area contributed by atoms with Gasteiger partial charge in [-0.15, -0.1) is 0 Å². The average Bonchev–Trinajstić information content (AvgIpc) is 3.29. The summed E-state index contributed by atoms with van der Waals surface area (Å²) < 4.78 is 9.90. The second-order valence-corrected chi connectivity index (χ2v) is 7.31. The smallest absolute Gasteiger partial charge is 0.254 e. The molecular formula is C24H22N2O8. The maximum atomic E-state index is 11.3. The Kier molecular flexibility index (Phi) is 7.32. The zero-order valence-electron chi connectivity index (χ0n) is 18.4. The molecule has 2 aromatic carbocycles. The number of hydrogen-bond acceptors (Lipinski definition) is 8. The van der Waals surface area contributed by atoms with Crippen molar-refractivity contribution < 1.29 is 38.9 Å². The number of hydrogen-bond donors (Lipinski definition) is 4. The van der Waals surface area contributed by atoms with Gasteiger partial charge in [-0.3, -0.25) is 29.8 Å². The van der Waals surface area contributed by atoms with Crippen molar-refractivity contribution in [2.24, 2.45) is 0 Å². The van der Waals surface area contributed by atoms with E-state index >= 15 is 0 Å². The van der Waals surface area contributed by atoms with E-state index in [1.165, 1.54) is 26.4 Å². The number of carbonyl (C=O) groups excluding carboxylic acids is 4. The van der Waals surface area contributed by atoms with Crippen molar-refractivity contribution in [1.29, 1.82) is 0 Å². The Balaban J connectivity index is 0.000000191. The molecule has 2 aliphatic heterocycles. The van der Waals surface area contributed by atoms with Crippen molar-refractivity contribution in [2.45, 2.75) is 12.8 Å². The normalized spacial score (nSPS) is 17.4. The minimum Gasteiger partial charge on any atom is -0.504 e. The number of carbonyl (C=O) groups is 4. The summed E-state index contributed by atoms with van der Waals surface area (Å²) in [5.41, 5.74) is 2.20. The lowest BCUT2D eigenvalue weighted by atomic mass is 10.1. The van der Waals surface area contributed by atoms with E-state index in [2.05, 4.69) is 10.6 Å². The first-order valence-electron chi connectivity index (χ1n) is 10.0. The molecule has 0 atom stereocenters. The van der Waals surface area contributed by atoms with Crippen LogP contribution in [0.15, 0.2) is 47.5 Å². The van der Waals surface area contributed by atoms with Gasteiger partial charge in [0.05, 0.1) is 27.1 Å². The van der Waals surface area contributed by atoms with Gasteiger partial charge in [-0.05, 0) is 47.5 Å². The predicted molar refractivity (Wildman–Crippen MR) is 121 cm³/mol. The first kappa shape index (κ1) is 24.1. The summed E-state index contributed by atoms with van der Waals surface area (Å²) in [6.45, 7) is 0. The number of aromatic hydroxyl groups is 2. The maximum absolute atomic E-state index is 11.3. The van der Waals surface area contributed by atoms with Gasteiger partial charge >= 0.3 is 0 Å². The molecule has 4 rings (SSSR count). The molecule has 0 bridgehead atoms. The van der Waals surface area contributed by atoms with Gasteiger partial charge in [0.1, 0.15) is 0 Å². The van der Waals surface area contributed by atoms with Gasteiger partial charge in [0.25, 0.3) is 11.8 Å². The number of imide groups is 2. The van der Waals surface area contributed by atoms with Gasteiger partial charge in [-0.25, -0.2) is 0 Å². The SMILES string of the molecule is COc1cc(/C=C2\CC(=O)NC2=O)ccc1O.COc1cc(/C=C2\CC(=O)NC2=O)ccc1O. The molecule has 2 fully saturated rings. The van der Waals surface area contributed by atoms with E-state index in [9.17, 15) is 29.4 Å². The molecule has 0 unspecified atom stereocenters. The number of amides is 4. The topological polar surface area (TPSA) is 151 Å². The third-order valence-corrected chi connectivity index (χ3v) is 4.88. The van der Waals surface area contributed by atoms with E-state index in [-0.39, 0.29) is 48.0 Å². The molecule has 2 saturated heterocycles. The fourth-order valence-corrected chi connectivity index (χ4v) is 3.21. The molecule has 10 nitrogen and oxygen atoms in total. The van der Waals surface area contributed by atoms with E-state index < -0.39 is 0 Å². The first-order valence-corrected chi connectivity index (χ1v) is 10.0. The number of ether oxygens (including phenoxy) is 2. The Morgan fingerprint density at radius 1 is 0.706 bits per heavy atom. The van der Waals surface area contributed by atoms with Gasteiger partial charge < -0.3 is 19.7 Å². The monoisotopic (exact) mass is 466 g/mol. The van der Waals surface area contributed by atoms with Crippen LogP contribution in [0.3, 0.4) is 0 Å². The van der Waals surface area contributed by atoms with Crippen LogP contribution in [0.4, 0.5) is 0 Å². The van der Waals surface area contributed by atoms with Gasteiger partial charge in [-0.1, -0.05) is 12.1 Å². The standard InChI is InChI=1S/2C12H11NO4/c2*1-17-10-5-7(2-3-9(10)14)4-8-6-11(15)13-12(8)16/h2*2-5,14H,6H2,1H3,(H,13,15,16)/b2*8-4+. The lowest BCUT2D eigenvalue weighted by Crippen LogP contribution is -2.19. The number of benzene rings is 2. The van der Waals surface area contributed by atoms with Crippen molar-refractivity contribution in [3.63, 3.8) is 0 Å². The predicted octanol–water partition coefficient (Wildman–Crippen LogP) is 1.66. The summed E-state index contributed by atoms with van der Waals surface area (Å²) in [6, 6.07) is 9.42. The number of rotatable bonds is 4. The molecule has 0 aromatic heterocycles. The molecular weight excluding hydrogens is 444 g/mol. The highest BCUT2D eigenvalue weighted by atomic mass is 16.5. The summed E-state index contributed by atoms with van der Waals surface area (Å²) in [6.07, 6.45) is 3.37. The van der Waals surface area contributed by atoms with E-state index in [1.807, 2.05) is 0 Å². The van der Waals surface area contributed by atoms with Crippen LogP contribution in [-0.4, -0.2) is 48.1 Å². The third kappa shape index (κ3) is 5.80. The molecule has 176 valence electrons. The van der Waals surface area contributed by atoms with Crippen LogP contribution in [-0.2, 0) is 19.2 Å². The largest absolute Gasteiger partial charge is 0.504 e. The van der Waals surface area contributed by atoms with Crippen LogP contribution in [0.2, 0.25) is 0 Å². The van der Waals surface area contributed by atoms with Crippen LogP contribution in [0.25, 0.3) is 12.2 Å². The van der Waals surface area contributed by atoms with Crippen molar-refractivity contribution >= 4 is 35.8 Å². The number of nitrogens with one attached hydrogen (secondary N) is 2. The first-order chi connectivity index (χ1) is 16.2. The van der Waals surface area contributed by atoms with Gasteiger partial charge in [0.2, 0.25) is 11.8 Å². The Morgan fingerprint density at radius 2 is 1.09 bits per heavy atom. The van der Waals surface area contributed by atoms with Gasteiger partial charge in [0, 0.05) is 11.1 Å². The number of methoxy groups -OCH3 is 2. The van der Waals surface area contributed by atoms with Crippen LogP contribution in [0.5, 0.6) is 23.0 Å². The summed E-state index contributed by atoms with van der Waals surface area (Å²) in [5.74, 6) is -0.639. The van der Waals surface area contributed by atoms with Crippen LogP contribution in [0, 0.1) is 0 Å². The number of phenolic OH excluding ortho intramolecular Hbond substituents is 2. The molecule has 10 heteroatoms. The highest BCUT2D eigenvalue weighted by molar-refractivity contribution is 6.16. The lowest BCUT2D eigenvalue weighted by Gasteiger charge is -2.04. The highest BCUT2D eigenvalue weighted by Crippen LogP contribution is 2.29. The fraction of sp³-hybridized carbons (Fsp3) is 0.167. The Morgan fingerprint density at radius 3 is 1.38 bits per heavy atom. The van der Waals surface area contributed by atoms with Crippen LogP contribution < -0.4 is 20.1 Å². The minimum absolute atomic E-state index is 0.0293. The van der Waals surface area contributed by atoms with Crippen LogP contribution in [0.1, 0.15) is 24.0 Å². The summed E-state index contributed by atoms with van der Waals surface area (Å²) in [7, 11) is 2.88. The van der Waals surface area contributed by atoms with E-state index in [4.69, 9.17) is 9.47 Å². The van der Waals surface area contributed by atoms with Crippen LogP contribution >= 0.6 is 0 Å². The second kappa shape index (κ2) is 10.3. The molecule has 2 aliphatic rings. The Hall–Kier alpha value is -4.60. The summed E-state index contributed by atoms with van der Waals surface area (Å²) in [5, 5.41) is 23.2. The molecule has 0 spiro atoms. The van der Waals surface area contributed by atoms with Crippen molar-refractivity contribution in [3.8, 4) is 23.0 Å². The molecule has 4 amide bonds. The van der Waals surface area contributed by atoms with E-state index in [0.717, 1.165) is 0 Å². The number of phenols is 2. The summed E-state index contributed by atoms with van der Waals surface area (Å²) >= 11 is 0.